The van der Waals surface area contributed by atoms with Crippen LogP contribution < -0.4 is 10.6 Å². The number of fused-ring (bicyclic) bond motifs is 1. The highest BCUT2D eigenvalue weighted by Crippen LogP contribution is 2.20. The van der Waals surface area contributed by atoms with Crippen LogP contribution in [0.2, 0.25) is 0 Å². The molecule has 0 aliphatic rings. The second kappa shape index (κ2) is 6.53. The molecule has 0 saturated carbocycles. The van der Waals surface area contributed by atoms with Crippen LogP contribution >= 0.6 is 0 Å². The fourth-order valence-electron chi connectivity index (χ4n) is 2.42. The Balaban J connectivity index is 1.66. The van der Waals surface area contributed by atoms with Crippen LogP contribution in [0.15, 0.2) is 36.8 Å². The molecule has 0 bridgehead atoms. The minimum absolute atomic E-state index is 0.0837. The van der Waals surface area contributed by atoms with Gasteiger partial charge in [-0.15, -0.1) is 0 Å². The van der Waals surface area contributed by atoms with Gasteiger partial charge in [-0.3, -0.25) is 14.3 Å². The summed E-state index contributed by atoms with van der Waals surface area (Å²) in [6, 6.07) is 4.39. The third kappa shape index (κ3) is 3.43. The van der Waals surface area contributed by atoms with Crippen molar-refractivity contribution in [3.8, 4) is 0 Å². The summed E-state index contributed by atoms with van der Waals surface area (Å²) in [5, 5.41) is 10.0. The van der Waals surface area contributed by atoms with Gasteiger partial charge in [0, 0.05) is 30.3 Å². The van der Waals surface area contributed by atoms with Crippen molar-refractivity contribution in [1.29, 1.82) is 0 Å². The first kappa shape index (κ1) is 15.7. The molecule has 3 N–H and O–H groups in total. The van der Waals surface area contributed by atoms with Crippen molar-refractivity contribution < 1.29 is 14.0 Å². The summed E-state index contributed by atoms with van der Waals surface area (Å²) in [4.78, 5) is 26.4. The number of amides is 2. The lowest BCUT2D eigenvalue weighted by Crippen LogP contribution is -2.23. The van der Waals surface area contributed by atoms with E-state index in [1.165, 1.54) is 23.0 Å². The highest BCUT2D eigenvalue weighted by molar-refractivity contribution is 5.95. The number of H-pyrrole nitrogens is 1. The molecule has 0 radical (unpaired) electrons. The van der Waals surface area contributed by atoms with Crippen molar-refractivity contribution in [2.24, 2.45) is 0 Å². The minimum Gasteiger partial charge on any atom is -0.361 e. The summed E-state index contributed by atoms with van der Waals surface area (Å²) in [6.07, 6.45) is 4.90. The van der Waals surface area contributed by atoms with Gasteiger partial charge in [0.25, 0.3) is 0 Å². The van der Waals surface area contributed by atoms with Gasteiger partial charge in [0.05, 0.1) is 18.3 Å². The maximum atomic E-state index is 13.2. The smallest absolute Gasteiger partial charge is 0.241 e. The van der Waals surface area contributed by atoms with Crippen LogP contribution in [0, 0.1) is 5.82 Å². The van der Waals surface area contributed by atoms with Crippen molar-refractivity contribution in [2.75, 3.05) is 12.4 Å². The quantitative estimate of drug-likeness (QED) is 0.661. The number of hydrogen-bond donors (Lipinski definition) is 3. The zero-order valence-corrected chi connectivity index (χ0v) is 13.0. The fourth-order valence-corrected chi connectivity index (χ4v) is 2.42. The van der Waals surface area contributed by atoms with Crippen LogP contribution in [-0.4, -0.2) is 33.6 Å². The Bertz CT molecular complexity index is 899. The van der Waals surface area contributed by atoms with Crippen molar-refractivity contribution in [3.05, 3.63) is 48.2 Å². The topological polar surface area (TPSA) is 91.8 Å². The molecule has 2 heterocycles. The van der Waals surface area contributed by atoms with Gasteiger partial charge >= 0.3 is 0 Å². The molecule has 24 heavy (non-hydrogen) atoms. The third-order valence-electron chi connectivity index (χ3n) is 3.58. The van der Waals surface area contributed by atoms with Crippen molar-refractivity contribution in [3.63, 3.8) is 0 Å². The number of aromatic nitrogens is 3. The average molecular weight is 329 g/mol. The molecule has 1 aromatic carbocycles. The van der Waals surface area contributed by atoms with E-state index in [0.717, 1.165) is 10.9 Å². The Kier molecular flexibility index (Phi) is 4.28. The normalized spacial score (nSPS) is 10.8. The highest BCUT2D eigenvalue weighted by Gasteiger charge is 2.11. The molecule has 2 aromatic heterocycles. The molecule has 0 fully saturated rings. The van der Waals surface area contributed by atoms with E-state index in [9.17, 15) is 14.0 Å². The number of likely N-dealkylation sites (N-methyl/N-ethyl adjacent to an activating group) is 1. The molecule has 0 saturated heterocycles. The standard InChI is InChI=1S/C16H16FN5O2/c1-18-16(24)9-22-8-12(7-20-22)21-15(23)4-10-6-19-14-5-11(17)2-3-13(10)14/h2-3,5-8,19H,4,9H2,1H3,(H,18,24)(H,21,23). The van der Waals surface area contributed by atoms with Gasteiger partial charge in [-0.05, 0) is 23.8 Å². The number of aromatic amines is 1. The van der Waals surface area contributed by atoms with Crippen molar-refractivity contribution >= 4 is 28.4 Å². The SMILES string of the molecule is CNC(=O)Cn1cc(NC(=O)Cc2c[nH]c3cc(F)ccc23)cn1. The maximum Gasteiger partial charge on any atom is 0.241 e. The number of anilines is 1. The van der Waals surface area contributed by atoms with Gasteiger partial charge in [-0.1, -0.05) is 0 Å². The number of benzene rings is 1. The monoisotopic (exact) mass is 329 g/mol. The van der Waals surface area contributed by atoms with Crippen LogP contribution in [0.1, 0.15) is 5.56 Å². The Morgan fingerprint density at radius 2 is 2.17 bits per heavy atom. The number of hydrogen-bond acceptors (Lipinski definition) is 3. The zero-order valence-electron chi connectivity index (χ0n) is 13.0. The predicted molar refractivity (Wildman–Crippen MR) is 86.9 cm³/mol. The summed E-state index contributed by atoms with van der Waals surface area (Å²) in [5.74, 6) is -0.731. The van der Waals surface area contributed by atoms with E-state index in [2.05, 4.69) is 20.7 Å². The van der Waals surface area contributed by atoms with E-state index >= 15 is 0 Å². The van der Waals surface area contributed by atoms with Crippen LogP contribution in [0.25, 0.3) is 10.9 Å². The summed E-state index contributed by atoms with van der Waals surface area (Å²) < 4.78 is 14.6. The lowest BCUT2D eigenvalue weighted by molar-refractivity contribution is -0.121. The molecule has 7 nitrogen and oxygen atoms in total. The van der Waals surface area contributed by atoms with Gasteiger partial charge in [-0.2, -0.15) is 5.10 Å². The number of carbonyl (C=O) groups is 2. The molecule has 3 rings (SSSR count). The Morgan fingerprint density at radius 3 is 2.96 bits per heavy atom. The third-order valence-corrected chi connectivity index (χ3v) is 3.58. The second-order valence-electron chi connectivity index (χ2n) is 5.33. The van der Waals surface area contributed by atoms with E-state index in [1.54, 1.807) is 25.5 Å². The van der Waals surface area contributed by atoms with Crippen LogP contribution in [-0.2, 0) is 22.6 Å². The molecule has 0 atom stereocenters. The summed E-state index contributed by atoms with van der Waals surface area (Å²) in [6.45, 7) is 0.0837. The lowest BCUT2D eigenvalue weighted by Gasteiger charge is -2.02. The predicted octanol–water partition coefficient (Wildman–Crippen LogP) is 1.43. The van der Waals surface area contributed by atoms with Gasteiger partial charge < -0.3 is 15.6 Å². The molecular formula is C16H16FN5O2. The zero-order chi connectivity index (χ0) is 17.1. The van der Waals surface area contributed by atoms with Gasteiger partial charge in [0.1, 0.15) is 12.4 Å². The largest absolute Gasteiger partial charge is 0.361 e. The molecule has 124 valence electrons. The summed E-state index contributed by atoms with van der Waals surface area (Å²) >= 11 is 0. The molecular weight excluding hydrogens is 313 g/mol. The molecule has 0 spiro atoms. The number of halogens is 1. The van der Waals surface area contributed by atoms with E-state index < -0.39 is 0 Å². The number of carbonyl (C=O) groups excluding carboxylic acids is 2. The van der Waals surface area contributed by atoms with Gasteiger partial charge in [-0.25, -0.2) is 4.39 Å². The molecule has 0 aliphatic carbocycles. The van der Waals surface area contributed by atoms with E-state index in [0.29, 0.717) is 11.2 Å². The van der Waals surface area contributed by atoms with Crippen LogP contribution in [0.5, 0.6) is 0 Å². The molecule has 0 aliphatic heterocycles. The minimum atomic E-state index is -0.330. The summed E-state index contributed by atoms with van der Waals surface area (Å²) in [7, 11) is 1.54. The molecule has 0 unspecified atom stereocenters. The molecule has 3 aromatic rings. The van der Waals surface area contributed by atoms with Gasteiger partial charge in [0.15, 0.2) is 0 Å². The van der Waals surface area contributed by atoms with Crippen molar-refractivity contribution in [2.45, 2.75) is 13.0 Å². The average Bonchev–Trinajstić information content (AvgIpc) is 3.14. The second-order valence-corrected chi connectivity index (χ2v) is 5.33. The van der Waals surface area contributed by atoms with E-state index in [1.807, 2.05) is 0 Å². The first-order valence-corrected chi connectivity index (χ1v) is 7.33. The van der Waals surface area contributed by atoms with E-state index in [-0.39, 0.29) is 30.6 Å². The van der Waals surface area contributed by atoms with E-state index in [4.69, 9.17) is 0 Å². The first-order chi connectivity index (χ1) is 11.5. The maximum absolute atomic E-state index is 13.2. The Labute approximate surface area is 136 Å². The highest BCUT2D eigenvalue weighted by atomic mass is 19.1. The molecule has 8 heteroatoms. The van der Waals surface area contributed by atoms with Crippen LogP contribution in [0.4, 0.5) is 10.1 Å². The fraction of sp³-hybridized carbons (Fsp3) is 0.188. The lowest BCUT2D eigenvalue weighted by atomic mass is 10.1. The number of nitrogens with zero attached hydrogens (tertiary/aromatic N) is 2. The Hall–Kier alpha value is -3.16. The first-order valence-electron chi connectivity index (χ1n) is 7.33. The number of rotatable bonds is 5. The van der Waals surface area contributed by atoms with Crippen molar-refractivity contribution in [1.82, 2.24) is 20.1 Å². The van der Waals surface area contributed by atoms with Crippen LogP contribution in [0.3, 0.4) is 0 Å². The molecule has 2 amide bonds. The summed E-state index contributed by atoms with van der Waals surface area (Å²) in [5.41, 5.74) is 1.94. The van der Waals surface area contributed by atoms with Gasteiger partial charge in [0.2, 0.25) is 11.8 Å². The number of nitrogens with one attached hydrogen (secondary N) is 3. The Morgan fingerprint density at radius 1 is 1.33 bits per heavy atom.